The molecule has 108 valence electrons. The zero-order valence-corrected chi connectivity index (χ0v) is 11.6. The van der Waals surface area contributed by atoms with Crippen molar-refractivity contribution in [2.24, 2.45) is 0 Å². The van der Waals surface area contributed by atoms with Gasteiger partial charge in [0.15, 0.2) is 0 Å². The molecule has 1 fully saturated rings. The van der Waals surface area contributed by atoms with Gasteiger partial charge in [0.05, 0.1) is 17.1 Å². The van der Waals surface area contributed by atoms with Crippen LogP contribution in [0.25, 0.3) is 10.9 Å². The summed E-state index contributed by atoms with van der Waals surface area (Å²) >= 11 is 0. The van der Waals surface area contributed by atoms with Gasteiger partial charge in [-0.15, -0.1) is 0 Å². The molecule has 2 aromatic rings. The summed E-state index contributed by atoms with van der Waals surface area (Å²) in [7, 11) is 1.76. The number of aromatic nitrogens is 1. The summed E-state index contributed by atoms with van der Waals surface area (Å²) in [6, 6.07) is 9.07. The molecule has 1 aliphatic rings. The molecular formula is C15H16N4O2. The summed E-state index contributed by atoms with van der Waals surface area (Å²) in [4.78, 5) is 28.1. The minimum absolute atomic E-state index is 0.0317. The lowest BCUT2D eigenvalue weighted by Gasteiger charge is -2.13. The highest BCUT2D eigenvalue weighted by Gasteiger charge is 2.24. The number of amides is 2. The standard InChI is InChI=1S/C15H16N4O2/c1-16-13-7-11(10-4-2-3-5-12(10)19-13)15(21)18-9-6-14(20)17-8-9/h2-5,7,9H,6,8H2,1H3,(H,16,19)(H,17,20)(H,18,21). The van der Waals surface area contributed by atoms with Gasteiger partial charge >= 0.3 is 0 Å². The van der Waals surface area contributed by atoms with Crippen molar-refractivity contribution in [1.29, 1.82) is 0 Å². The first-order chi connectivity index (χ1) is 10.2. The van der Waals surface area contributed by atoms with Crippen molar-refractivity contribution in [2.45, 2.75) is 12.5 Å². The molecular weight excluding hydrogens is 268 g/mol. The number of pyridine rings is 1. The Hall–Kier alpha value is -2.63. The molecule has 2 amide bonds. The van der Waals surface area contributed by atoms with E-state index in [1.807, 2.05) is 24.3 Å². The van der Waals surface area contributed by atoms with E-state index in [4.69, 9.17) is 0 Å². The van der Waals surface area contributed by atoms with Crippen LogP contribution in [-0.2, 0) is 4.79 Å². The minimum atomic E-state index is -0.188. The van der Waals surface area contributed by atoms with Crippen LogP contribution >= 0.6 is 0 Å². The first-order valence-electron chi connectivity index (χ1n) is 6.82. The average molecular weight is 284 g/mol. The predicted molar refractivity (Wildman–Crippen MR) is 80.2 cm³/mol. The zero-order chi connectivity index (χ0) is 14.8. The van der Waals surface area contributed by atoms with E-state index in [9.17, 15) is 9.59 Å². The van der Waals surface area contributed by atoms with Crippen LogP contribution in [0.15, 0.2) is 30.3 Å². The zero-order valence-electron chi connectivity index (χ0n) is 11.6. The minimum Gasteiger partial charge on any atom is -0.373 e. The highest BCUT2D eigenvalue weighted by molar-refractivity contribution is 6.07. The van der Waals surface area contributed by atoms with Gasteiger partial charge in [-0.05, 0) is 12.1 Å². The fourth-order valence-corrected chi connectivity index (χ4v) is 2.46. The lowest BCUT2D eigenvalue weighted by atomic mass is 10.1. The van der Waals surface area contributed by atoms with E-state index >= 15 is 0 Å². The smallest absolute Gasteiger partial charge is 0.252 e. The molecule has 6 heteroatoms. The number of para-hydroxylation sites is 1. The monoisotopic (exact) mass is 284 g/mol. The van der Waals surface area contributed by atoms with Gasteiger partial charge in [0.1, 0.15) is 5.82 Å². The number of hydrogen-bond acceptors (Lipinski definition) is 4. The third-order valence-corrected chi connectivity index (χ3v) is 3.53. The number of hydrogen-bond donors (Lipinski definition) is 3. The van der Waals surface area contributed by atoms with Crippen molar-refractivity contribution < 1.29 is 9.59 Å². The van der Waals surface area contributed by atoms with Crippen LogP contribution in [-0.4, -0.2) is 36.4 Å². The summed E-state index contributed by atoms with van der Waals surface area (Å²) in [6.45, 7) is 0.479. The Balaban J connectivity index is 1.94. The summed E-state index contributed by atoms with van der Waals surface area (Å²) in [5, 5.41) is 9.35. The summed E-state index contributed by atoms with van der Waals surface area (Å²) < 4.78 is 0. The number of anilines is 1. The number of fused-ring (bicyclic) bond motifs is 1. The largest absolute Gasteiger partial charge is 0.373 e. The summed E-state index contributed by atoms with van der Waals surface area (Å²) in [5.41, 5.74) is 1.32. The Labute approximate surface area is 121 Å². The van der Waals surface area contributed by atoms with Crippen LogP contribution in [0.5, 0.6) is 0 Å². The molecule has 3 N–H and O–H groups in total. The maximum atomic E-state index is 12.5. The molecule has 0 bridgehead atoms. The van der Waals surface area contributed by atoms with Gasteiger partial charge in [-0.2, -0.15) is 0 Å². The number of rotatable bonds is 3. The lowest BCUT2D eigenvalue weighted by molar-refractivity contribution is -0.119. The van der Waals surface area contributed by atoms with Gasteiger partial charge in [0.2, 0.25) is 5.91 Å². The van der Waals surface area contributed by atoms with E-state index < -0.39 is 0 Å². The number of benzene rings is 1. The van der Waals surface area contributed by atoms with Crippen LogP contribution in [0.2, 0.25) is 0 Å². The number of nitrogens with one attached hydrogen (secondary N) is 3. The fourth-order valence-electron chi connectivity index (χ4n) is 2.46. The second-order valence-corrected chi connectivity index (χ2v) is 5.00. The average Bonchev–Trinajstić information content (AvgIpc) is 2.91. The molecule has 0 radical (unpaired) electrons. The van der Waals surface area contributed by atoms with Crippen molar-refractivity contribution in [3.63, 3.8) is 0 Å². The van der Waals surface area contributed by atoms with Crippen molar-refractivity contribution in [1.82, 2.24) is 15.6 Å². The Morgan fingerprint density at radius 3 is 2.90 bits per heavy atom. The van der Waals surface area contributed by atoms with Crippen LogP contribution in [0, 0.1) is 0 Å². The van der Waals surface area contributed by atoms with Gasteiger partial charge in [0.25, 0.3) is 5.91 Å². The molecule has 1 unspecified atom stereocenters. The third-order valence-electron chi connectivity index (χ3n) is 3.53. The maximum Gasteiger partial charge on any atom is 0.252 e. The SMILES string of the molecule is CNc1cc(C(=O)NC2CNC(=O)C2)c2ccccc2n1. The predicted octanol–water partition coefficient (Wildman–Crippen LogP) is 0.895. The molecule has 0 saturated carbocycles. The van der Waals surface area contributed by atoms with Gasteiger partial charge in [-0.25, -0.2) is 4.98 Å². The van der Waals surface area contributed by atoms with E-state index in [-0.39, 0.29) is 17.9 Å². The first-order valence-corrected chi connectivity index (χ1v) is 6.82. The van der Waals surface area contributed by atoms with E-state index in [1.165, 1.54) is 0 Å². The van der Waals surface area contributed by atoms with Crippen molar-refractivity contribution in [3.8, 4) is 0 Å². The Morgan fingerprint density at radius 2 is 2.19 bits per heavy atom. The lowest BCUT2D eigenvalue weighted by Crippen LogP contribution is -2.36. The van der Waals surface area contributed by atoms with E-state index in [0.29, 0.717) is 24.3 Å². The topological polar surface area (TPSA) is 83.1 Å². The van der Waals surface area contributed by atoms with Gasteiger partial charge in [-0.3, -0.25) is 9.59 Å². The number of carbonyl (C=O) groups is 2. The highest BCUT2D eigenvalue weighted by atomic mass is 16.2. The molecule has 2 heterocycles. The van der Waals surface area contributed by atoms with E-state index in [1.54, 1.807) is 13.1 Å². The Kier molecular flexibility index (Phi) is 3.43. The third kappa shape index (κ3) is 2.65. The molecule has 3 rings (SSSR count). The normalized spacial score (nSPS) is 17.6. The van der Waals surface area contributed by atoms with Crippen LogP contribution in [0.4, 0.5) is 5.82 Å². The molecule has 1 aromatic heterocycles. The van der Waals surface area contributed by atoms with Crippen molar-refractivity contribution in [3.05, 3.63) is 35.9 Å². The van der Waals surface area contributed by atoms with E-state index in [0.717, 1.165) is 10.9 Å². The molecule has 21 heavy (non-hydrogen) atoms. The van der Waals surface area contributed by atoms with Crippen molar-refractivity contribution >= 4 is 28.5 Å². The molecule has 0 aliphatic carbocycles. The van der Waals surface area contributed by atoms with Crippen LogP contribution in [0.3, 0.4) is 0 Å². The number of carbonyl (C=O) groups excluding carboxylic acids is 2. The summed E-state index contributed by atoms with van der Waals surface area (Å²) in [5.74, 6) is 0.418. The Morgan fingerprint density at radius 1 is 1.38 bits per heavy atom. The summed E-state index contributed by atoms with van der Waals surface area (Å²) in [6.07, 6.45) is 0.327. The second-order valence-electron chi connectivity index (χ2n) is 5.00. The van der Waals surface area contributed by atoms with Crippen molar-refractivity contribution in [2.75, 3.05) is 18.9 Å². The van der Waals surface area contributed by atoms with E-state index in [2.05, 4.69) is 20.9 Å². The molecule has 1 aliphatic heterocycles. The molecule has 1 saturated heterocycles. The maximum absolute atomic E-state index is 12.5. The Bertz CT molecular complexity index is 714. The molecule has 1 atom stereocenters. The number of nitrogens with zero attached hydrogens (tertiary/aromatic N) is 1. The van der Waals surface area contributed by atoms with Gasteiger partial charge < -0.3 is 16.0 Å². The molecule has 6 nitrogen and oxygen atoms in total. The van der Waals surface area contributed by atoms with Gasteiger partial charge in [-0.1, -0.05) is 18.2 Å². The first kappa shape index (κ1) is 13.4. The van der Waals surface area contributed by atoms with Gasteiger partial charge in [0, 0.05) is 25.4 Å². The van der Waals surface area contributed by atoms with Crippen LogP contribution in [0.1, 0.15) is 16.8 Å². The highest BCUT2D eigenvalue weighted by Crippen LogP contribution is 2.20. The fraction of sp³-hybridized carbons (Fsp3) is 0.267. The quantitative estimate of drug-likeness (QED) is 0.782. The molecule has 0 spiro atoms. The van der Waals surface area contributed by atoms with Crippen LogP contribution < -0.4 is 16.0 Å². The second kappa shape index (κ2) is 5.40. The molecule has 1 aromatic carbocycles.